The van der Waals surface area contributed by atoms with Crippen LogP contribution in [0.4, 0.5) is 5.69 Å². The van der Waals surface area contributed by atoms with E-state index in [9.17, 15) is 0 Å². The van der Waals surface area contributed by atoms with Gasteiger partial charge in [-0.1, -0.05) is 48.9 Å². The minimum absolute atomic E-state index is 0.364. The van der Waals surface area contributed by atoms with Crippen molar-refractivity contribution in [3.8, 4) is 0 Å². The smallest absolute Gasteiger partial charge is 0.152 e. The highest BCUT2D eigenvalue weighted by Crippen LogP contribution is 2.22. The summed E-state index contributed by atoms with van der Waals surface area (Å²) in [5.74, 6) is 0. The summed E-state index contributed by atoms with van der Waals surface area (Å²) in [5, 5.41) is 4.03. The van der Waals surface area contributed by atoms with Gasteiger partial charge < -0.3 is 5.32 Å². The van der Waals surface area contributed by atoms with Crippen LogP contribution in [-0.2, 0) is 6.42 Å². The second kappa shape index (κ2) is 6.58. The van der Waals surface area contributed by atoms with Crippen molar-refractivity contribution in [1.29, 1.82) is 0 Å². The topological polar surface area (TPSA) is 24.9 Å². The fourth-order valence-corrected chi connectivity index (χ4v) is 2.23. The third-order valence-electron chi connectivity index (χ3n) is 3.15. The molecule has 1 aromatic heterocycles. The number of nitrogens with zero attached hydrogens (tertiary/aromatic N) is 1. The standard InChI is InChI=1S/C16H19ClN2/c1-3-14(10-13-7-5-4-6-8-13)19-15-9-12(2)11-18-16(15)17/h4-9,11,14,19H,3,10H2,1-2H3. The van der Waals surface area contributed by atoms with Crippen molar-refractivity contribution in [1.82, 2.24) is 4.98 Å². The molecule has 0 spiro atoms. The largest absolute Gasteiger partial charge is 0.379 e. The third-order valence-corrected chi connectivity index (χ3v) is 3.45. The zero-order valence-corrected chi connectivity index (χ0v) is 12.1. The maximum atomic E-state index is 6.13. The Hall–Kier alpha value is -1.54. The third kappa shape index (κ3) is 3.97. The van der Waals surface area contributed by atoms with Crippen LogP contribution in [-0.4, -0.2) is 11.0 Å². The van der Waals surface area contributed by atoms with Crippen LogP contribution in [0.5, 0.6) is 0 Å². The first-order valence-corrected chi connectivity index (χ1v) is 6.99. The lowest BCUT2D eigenvalue weighted by Gasteiger charge is -2.19. The second-order valence-electron chi connectivity index (χ2n) is 4.79. The molecule has 1 N–H and O–H groups in total. The fourth-order valence-electron chi connectivity index (χ4n) is 2.07. The highest BCUT2D eigenvalue weighted by atomic mass is 35.5. The summed E-state index contributed by atoms with van der Waals surface area (Å²) >= 11 is 6.13. The molecule has 1 atom stereocenters. The van der Waals surface area contributed by atoms with Crippen LogP contribution in [0, 0.1) is 6.92 Å². The summed E-state index contributed by atoms with van der Waals surface area (Å²) in [4.78, 5) is 4.18. The van der Waals surface area contributed by atoms with Crippen molar-refractivity contribution in [3.05, 3.63) is 58.9 Å². The number of halogens is 1. The molecule has 0 saturated carbocycles. The quantitative estimate of drug-likeness (QED) is 0.814. The molecule has 19 heavy (non-hydrogen) atoms. The molecule has 0 fully saturated rings. The zero-order chi connectivity index (χ0) is 13.7. The SMILES string of the molecule is CCC(Cc1ccccc1)Nc1cc(C)cnc1Cl. The van der Waals surface area contributed by atoms with E-state index in [4.69, 9.17) is 11.6 Å². The lowest BCUT2D eigenvalue weighted by atomic mass is 10.0. The van der Waals surface area contributed by atoms with Gasteiger partial charge in [-0.25, -0.2) is 4.98 Å². The summed E-state index contributed by atoms with van der Waals surface area (Å²) in [7, 11) is 0. The number of hydrogen-bond donors (Lipinski definition) is 1. The van der Waals surface area contributed by atoms with E-state index >= 15 is 0 Å². The van der Waals surface area contributed by atoms with Crippen molar-refractivity contribution in [2.24, 2.45) is 0 Å². The summed E-state index contributed by atoms with van der Waals surface area (Å²) in [6.45, 7) is 4.20. The molecule has 0 aliphatic carbocycles. The molecule has 1 unspecified atom stereocenters. The molecular formula is C16H19ClN2. The van der Waals surface area contributed by atoms with Gasteiger partial charge in [-0.3, -0.25) is 0 Å². The van der Waals surface area contributed by atoms with E-state index in [2.05, 4.69) is 41.5 Å². The lowest BCUT2D eigenvalue weighted by molar-refractivity contribution is 0.690. The van der Waals surface area contributed by atoms with E-state index < -0.39 is 0 Å². The number of aryl methyl sites for hydroxylation is 1. The first kappa shape index (κ1) is 13.9. The predicted octanol–water partition coefficient (Wildman–Crippen LogP) is 4.48. The fraction of sp³-hybridized carbons (Fsp3) is 0.312. The van der Waals surface area contributed by atoms with Crippen LogP contribution >= 0.6 is 11.6 Å². The zero-order valence-electron chi connectivity index (χ0n) is 11.4. The van der Waals surface area contributed by atoms with Crippen molar-refractivity contribution in [3.63, 3.8) is 0 Å². The molecular weight excluding hydrogens is 256 g/mol. The molecule has 0 saturated heterocycles. The van der Waals surface area contributed by atoms with Gasteiger partial charge in [-0.2, -0.15) is 0 Å². The minimum atomic E-state index is 0.364. The first-order chi connectivity index (χ1) is 9.19. The Balaban J connectivity index is 2.09. The average Bonchev–Trinajstić information content (AvgIpc) is 2.43. The first-order valence-electron chi connectivity index (χ1n) is 6.61. The Kier molecular flexibility index (Phi) is 4.80. The Morgan fingerprint density at radius 2 is 2.00 bits per heavy atom. The van der Waals surface area contributed by atoms with E-state index in [0.717, 1.165) is 24.1 Å². The van der Waals surface area contributed by atoms with Crippen LogP contribution in [0.15, 0.2) is 42.6 Å². The van der Waals surface area contributed by atoms with Gasteiger partial charge >= 0.3 is 0 Å². The maximum absolute atomic E-state index is 6.13. The number of anilines is 1. The number of aromatic nitrogens is 1. The van der Waals surface area contributed by atoms with Gasteiger partial charge in [0, 0.05) is 12.2 Å². The Bertz CT molecular complexity index is 526. The molecule has 2 aromatic rings. The van der Waals surface area contributed by atoms with Crippen LogP contribution in [0.25, 0.3) is 0 Å². The van der Waals surface area contributed by atoms with Crippen molar-refractivity contribution in [2.45, 2.75) is 32.7 Å². The van der Waals surface area contributed by atoms with E-state index in [1.807, 2.05) is 19.1 Å². The Morgan fingerprint density at radius 1 is 1.26 bits per heavy atom. The van der Waals surface area contributed by atoms with Crippen LogP contribution in [0.3, 0.4) is 0 Å². The van der Waals surface area contributed by atoms with Crippen molar-refractivity contribution < 1.29 is 0 Å². The summed E-state index contributed by atoms with van der Waals surface area (Å²) in [6, 6.07) is 12.9. The van der Waals surface area contributed by atoms with Gasteiger partial charge in [0.25, 0.3) is 0 Å². The van der Waals surface area contributed by atoms with Gasteiger partial charge in [0.2, 0.25) is 0 Å². The van der Waals surface area contributed by atoms with Crippen LogP contribution in [0.2, 0.25) is 5.15 Å². The maximum Gasteiger partial charge on any atom is 0.152 e. The second-order valence-corrected chi connectivity index (χ2v) is 5.15. The molecule has 0 amide bonds. The minimum Gasteiger partial charge on any atom is -0.379 e. The van der Waals surface area contributed by atoms with E-state index in [0.29, 0.717) is 11.2 Å². The van der Waals surface area contributed by atoms with Crippen LogP contribution in [0.1, 0.15) is 24.5 Å². The van der Waals surface area contributed by atoms with E-state index in [1.165, 1.54) is 5.56 Å². The molecule has 2 nitrogen and oxygen atoms in total. The van der Waals surface area contributed by atoms with Crippen LogP contribution < -0.4 is 5.32 Å². The van der Waals surface area contributed by atoms with Gasteiger partial charge in [-0.05, 0) is 37.0 Å². The highest BCUT2D eigenvalue weighted by molar-refractivity contribution is 6.31. The molecule has 0 radical (unpaired) electrons. The van der Waals surface area contributed by atoms with Gasteiger partial charge in [0.1, 0.15) is 0 Å². The molecule has 1 aromatic carbocycles. The normalized spacial score (nSPS) is 12.2. The Labute approximate surface area is 119 Å². The van der Waals surface area contributed by atoms with Gasteiger partial charge in [0.15, 0.2) is 5.15 Å². The molecule has 2 rings (SSSR count). The molecule has 1 heterocycles. The van der Waals surface area contributed by atoms with E-state index in [-0.39, 0.29) is 0 Å². The van der Waals surface area contributed by atoms with Crippen molar-refractivity contribution >= 4 is 17.3 Å². The summed E-state index contributed by atoms with van der Waals surface area (Å²) in [6.07, 6.45) is 3.81. The summed E-state index contributed by atoms with van der Waals surface area (Å²) < 4.78 is 0. The van der Waals surface area contributed by atoms with E-state index in [1.54, 1.807) is 6.20 Å². The lowest BCUT2D eigenvalue weighted by Crippen LogP contribution is -2.21. The van der Waals surface area contributed by atoms with Crippen molar-refractivity contribution in [2.75, 3.05) is 5.32 Å². The molecule has 3 heteroatoms. The number of nitrogens with one attached hydrogen (secondary N) is 1. The number of pyridine rings is 1. The molecule has 0 aliphatic rings. The number of hydrogen-bond acceptors (Lipinski definition) is 2. The molecule has 0 aliphatic heterocycles. The molecule has 100 valence electrons. The number of benzene rings is 1. The predicted molar refractivity (Wildman–Crippen MR) is 81.8 cm³/mol. The van der Waals surface area contributed by atoms with Gasteiger partial charge in [-0.15, -0.1) is 0 Å². The summed E-state index contributed by atoms with van der Waals surface area (Å²) in [5.41, 5.74) is 3.37. The molecule has 0 bridgehead atoms. The van der Waals surface area contributed by atoms with Gasteiger partial charge in [0.05, 0.1) is 5.69 Å². The average molecular weight is 275 g/mol. The monoisotopic (exact) mass is 274 g/mol. The number of rotatable bonds is 5. The highest BCUT2D eigenvalue weighted by Gasteiger charge is 2.10. The Morgan fingerprint density at radius 3 is 2.68 bits per heavy atom.